The maximum absolute atomic E-state index is 9.16. The van der Waals surface area contributed by atoms with Gasteiger partial charge in [-0.15, -0.1) is 0 Å². The highest BCUT2D eigenvalue weighted by molar-refractivity contribution is 5.43. The predicted octanol–water partition coefficient (Wildman–Crippen LogP) is 1.20. The molecule has 5 heteroatoms. The van der Waals surface area contributed by atoms with Crippen LogP contribution in [0.25, 0.3) is 0 Å². The zero-order valence-electron chi connectivity index (χ0n) is 10.9. The third-order valence-electron chi connectivity index (χ3n) is 3.39. The second-order valence-corrected chi connectivity index (χ2v) is 4.86. The molecule has 1 aromatic rings. The normalized spacial score (nSPS) is 17.4. The van der Waals surface area contributed by atoms with Crippen LogP contribution in [0.4, 0.5) is 0 Å². The van der Waals surface area contributed by atoms with Crippen LogP contribution in [0, 0.1) is 17.2 Å². The van der Waals surface area contributed by atoms with Crippen molar-refractivity contribution in [2.75, 3.05) is 13.7 Å². The lowest BCUT2D eigenvalue weighted by atomic mass is 9.98. The average Bonchev–Trinajstić information content (AvgIpc) is 3.29. The van der Waals surface area contributed by atoms with Gasteiger partial charge in [0.05, 0.1) is 19.8 Å². The number of hydrogen-bond acceptors (Lipinski definition) is 5. The fourth-order valence-electron chi connectivity index (χ4n) is 1.97. The van der Waals surface area contributed by atoms with Gasteiger partial charge in [-0.2, -0.15) is 5.26 Å². The van der Waals surface area contributed by atoms with Crippen molar-refractivity contribution < 1.29 is 14.6 Å². The Labute approximate surface area is 112 Å². The first-order chi connectivity index (χ1) is 9.12. The van der Waals surface area contributed by atoms with E-state index in [-0.39, 0.29) is 19.1 Å². The SMILES string of the molecule is COc1cc(CO)ccc1OCC(N)(C#N)C1CC1. The molecule has 1 unspecified atom stereocenters. The summed E-state index contributed by atoms with van der Waals surface area (Å²) in [4.78, 5) is 0. The van der Waals surface area contributed by atoms with Crippen LogP contribution in [0.3, 0.4) is 0 Å². The molecule has 1 fully saturated rings. The molecular weight excluding hydrogens is 244 g/mol. The average molecular weight is 262 g/mol. The maximum atomic E-state index is 9.16. The molecule has 5 nitrogen and oxygen atoms in total. The van der Waals surface area contributed by atoms with Crippen molar-refractivity contribution in [3.05, 3.63) is 23.8 Å². The standard InChI is InChI=1S/C14H18N2O3/c1-18-13-6-10(7-17)2-5-12(13)19-9-14(16,8-15)11-3-4-11/h2,5-6,11,17H,3-4,7,9,16H2,1H3. The molecule has 0 radical (unpaired) electrons. The van der Waals surface area contributed by atoms with Crippen LogP contribution < -0.4 is 15.2 Å². The molecular formula is C14H18N2O3. The minimum atomic E-state index is -0.930. The molecule has 1 saturated carbocycles. The number of nitriles is 1. The maximum Gasteiger partial charge on any atom is 0.161 e. The molecule has 1 aliphatic carbocycles. The first-order valence-electron chi connectivity index (χ1n) is 6.23. The first kappa shape index (κ1) is 13.7. The van der Waals surface area contributed by atoms with Crippen molar-refractivity contribution in [2.24, 2.45) is 11.7 Å². The smallest absolute Gasteiger partial charge is 0.161 e. The highest BCUT2D eigenvalue weighted by Gasteiger charge is 2.43. The Morgan fingerprint density at radius 1 is 1.47 bits per heavy atom. The summed E-state index contributed by atoms with van der Waals surface area (Å²) >= 11 is 0. The van der Waals surface area contributed by atoms with E-state index in [1.807, 2.05) is 0 Å². The van der Waals surface area contributed by atoms with Gasteiger partial charge in [-0.1, -0.05) is 6.07 Å². The van der Waals surface area contributed by atoms with Gasteiger partial charge >= 0.3 is 0 Å². The molecule has 0 bridgehead atoms. The molecule has 102 valence electrons. The summed E-state index contributed by atoms with van der Waals surface area (Å²) in [7, 11) is 1.53. The van der Waals surface area contributed by atoms with Gasteiger partial charge in [0.2, 0.25) is 0 Å². The molecule has 19 heavy (non-hydrogen) atoms. The third kappa shape index (κ3) is 2.98. The summed E-state index contributed by atoms with van der Waals surface area (Å²) in [5.74, 6) is 1.29. The van der Waals surface area contributed by atoms with Gasteiger partial charge in [0, 0.05) is 0 Å². The molecule has 1 atom stereocenters. The second-order valence-electron chi connectivity index (χ2n) is 4.86. The van der Waals surface area contributed by atoms with Crippen molar-refractivity contribution in [3.8, 4) is 17.6 Å². The van der Waals surface area contributed by atoms with Crippen molar-refractivity contribution in [2.45, 2.75) is 25.0 Å². The third-order valence-corrected chi connectivity index (χ3v) is 3.39. The summed E-state index contributed by atoms with van der Waals surface area (Å²) in [6.07, 6.45) is 1.96. The Morgan fingerprint density at radius 2 is 2.21 bits per heavy atom. The Kier molecular flexibility index (Phi) is 3.93. The molecule has 0 aromatic heterocycles. The van der Waals surface area contributed by atoms with Crippen LogP contribution in [-0.2, 0) is 6.61 Å². The number of rotatable bonds is 6. The number of aliphatic hydroxyl groups excluding tert-OH is 1. The lowest BCUT2D eigenvalue weighted by Crippen LogP contribution is -2.46. The Morgan fingerprint density at radius 3 is 2.74 bits per heavy atom. The summed E-state index contributed by atoms with van der Waals surface area (Å²) in [6.45, 7) is 0.0841. The van der Waals surface area contributed by atoms with E-state index in [0.717, 1.165) is 18.4 Å². The number of methoxy groups -OCH3 is 1. The van der Waals surface area contributed by atoms with Crippen LogP contribution in [-0.4, -0.2) is 24.4 Å². The van der Waals surface area contributed by atoms with Crippen LogP contribution in [0.2, 0.25) is 0 Å². The first-order valence-corrected chi connectivity index (χ1v) is 6.23. The number of hydrogen-bond donors (Lipinski definition) is 2. The fourth-order valence-corrected chi connectivity index (χ4v) is 1.97. The largest absolute Gasteiger partial charge is 0.493 e. The van der Waals surface area contributed by atoms with Crippen molar-refractivity contribution in [1.29, 1.82) is 5.26 Å². The van der Waals surface area contributed by atoms with Gasteiger partial charge in [-0.3, -0.25) is 0 Å². The quantitative estimate of drug-likeness (QED) is 0.804. The zero-order chi connectivity index (χ0) is 13.9. The molecule has 2 rings (SSSR count). The lowest BCUT2D eigenvalue weighted by molar-refractivity contribution is 0.227. The van der Waals surface area contributed by atoms with Gasteiger partial charge in [-0.25, -0.2) is 0 Å². The van der Waals surface area contributed by atoms with E-state index in [2.05, 4.69) is 6.07 Å². The molecule has 0 spiro atoms. The van der Waals surface area contributed by atoms with E-state index in [4.69, 9.17) is 25.6 Å². The Balaban J connectivity index is 2.08. The van der Waals surface area contributed by atoms with Crippen LogP contribution in [0.5, 0.6) is 11.5 Å². The summed E-state index contributed by atoms with van der Waals surface area (Å²) in [6, 6.07) is 7.31. The minimum Gasteiger partial charge on any atom is -0.493 e. The Bertz CT molecular complexity index is 494. The van der Waals surface area contributed by atoms with Crippen LogP contribution in [0.15, 0.2) is 18.2 Å². The summed E-state index contributed by atoms with van der Waals surface area (Å²) in [5, 5.41) is 18.2. The number of nitrogens with two attached hydrogens (primary N) is 1. The fraction of sp³-hybridized carbons (Fsp3) is 0.500. The van der Waals surface area contributed by atoms with Gasteiger partial charge in [0.15, 0.2) is 11.5 Å². The predicted molar refractivity (Wildman–Crippen MR) is 69.7 cm³/mol. The molecule has 1 aliphatic rings. The summed E-state index contributed by atoms with van der Waals surface area (Å²) < 4.78 is 10.8. The second kappa shape index (κ2) is 5.47. The molecule has 0 heterocycles. The number of nitrogens with zero attached hydrogens (tertiary/aromatic N) is 1. The van der Waals surface area contributed by atoms with Gasteiger partial charge < -0.3 is 20.3 Å². The number of aliphatic hydroxyl groups is 1. The van der Waals surface area contributed by atoms with Crippen molar-refractivity contribution in [1.82, 2.24) is 0 Å². The van der Waals surface area contributed by atoms with E-state index >= 15 is 0 Å². The molecule has 1 aromatic carbocycles. The summed E-state index contributed by atoms with van der Waals surface area (Å²) in [5.41, 5.74) is 5.84. The highest BCUT2D eigenvalue weighted by atomic mass is 16.5. The number of ether oxygens (including phenoxy) is 2. The van der Waals surface area contributed by atoms with Crippen LogP contribution >= 0.6 is 0 Å². The van der Waals surface area contributed by atoms with E-state index in [1.165, 1.54) is 7.11 Å². The topological polar surface area (TPSA) is 88.5 Å². The Hall–Kier alpha value is -1.77. The lowest BCUT2D eigenvalue weighted by Gasteiger charge is -2.22. The molecule has 0 saturated heterocycles. The zero-order valence-corrected chi connectivity index (χ0v) is 10.9. The van der Waals surface area contributed by atoms with Gasteiger partial charge in [-0.05, 0) is 36.5 Å². The molecule has 0 aliphatic heterocycles. The van der Waals surface area contributed by atoms with E-state index in [1.54, 1.807) is 18.2 Å². The highest BCUT2D eigenvalue weighted by Crippen LogP contribution is 2.39. The monoisotopic (exact) mass is 262 g/mol. The molecule has 3 N–H and O–H groups in total. The molecule has 0 amide bonds. The van der Waals surface area contributed by atoms with Crippen LogP contribution in [0.1, 0.15) is 18.4 Å². The van der Waals surface area contributed by atoms with E-state index < -0.39 is 5.54 Å². The van der Waals surface area contributed by atoms with Gasteiger partial charge in [0.25, 0.3) is 0 Å². The van der Waals surface area contributed by atoms with Gasteiger partial charge in [0.1, 0.15) is 12.1 Å². The van der Waals surface area contributed by atoms with Crippen molar-refractivity contribution >= 4 is 0 Å². The van der Waals surface area contributed by atoms with E-state index in [9.17, 15) is 0 Å². The van der Waals surface area contributed by atoms with E-state index in [0.29, 0.717) is 11.5 Å². The van der Waals surface area contributed by atoms with Crippen molar-refractivity contribution in [3.63, 3.8) is 0 Å². The minimum absolute atomic E-state index is 0.0578. The number of benzene rings is 1.